The summed E-state index contributed by atoms with van der Waals surface area (Å²) in [6.07, 6.45) is 5.06. The van der Waals surface area contributed by atoms with Crippen molar-refractivity contribution in [1.29, 1.82) is 0 Å². The number of nitrogens with two attached hydrogens (primary N) is 1. The number of nitrogens with one attached hydrogen (secondary N) is 1. The van der Waals surface area contributed by atoms with Crippen LogP contribution in [-0.4, -0.2) is 35.3 Å². The highest BCUT2D eigenvalue weighted by atomic mass is 32.2. The average molecular weight is 424 g/mol. The van der Waals surface area contributed by atoms with E-state index in [1.807, 2.05) is 40.7 Å². The van der Waals surface area contributed by atoms with E-state index in [-0.39, 0.29) is 16.5 Å². The summed E-state index contributed by atoms with van der Waals surface area (Å²) >= 11 is 0. The van der Waals surface area contributed by atoms with E-state index in [0.717, 1.165) is 36.3 Å². The van der Waals surface area contributed by atoms with Crippen LogP contribution >= 0.6 is 0 Å². The summed E-state index contributed by atoms with van der Waals surface area (Å²) in [5, 5.41) is 7.48. The Morgan fingerprint density at radius 1 is 1.21 bits per heavy atom. The molecule has 0 amide bonds. The van der Waals surface area contributed by atoms with Gasteiger partial charge in [-0.3, -0.25) is 0 Å². The first-order chi connectivity index (χ1) is 13.9. The van der Waals surface area contributed by atoms with Crippen molar-refractivity contribution in [1.82, 2.24) is 19.9 Å². The number of fused-ring (bicyclic) bond motifs is 3. The topological polar surface area (TPSA) is 102 Å². The number of nitrogen functional groups attached to an aromatic ring is 1. The third-order valence-electron chi connectivity index (χ3n) is 3.94. The number of anilines is 1. The normalized spacial score (nSPS) is 12.2. The van der Waals surface area contributed by atoms with Gasteiger partial charge in [-0.2, -0.15) is 0 Å². The monoisotopic (exact) mass is 423 g/mol. The summed E-state index contributed by atoms with van der Waals surface area (Å²) < 4.78 is 26.3. The fourth-order valence-electron chi connectivity index (χ4n) is 2.70. The lowest BCUT2D eigenvalue weighted by molar-refractivity contribution is 0.599. The number of hydrogen-bond donors (Lipinski definition) is 2. The van der Waals surface area contributed by atoms with E-state index >= 15 is 0 Å². The summed E-state index contributed by atoms with van der Waals surface area (Å²) in [6, 6.07) is 0. The third kappa shape index (κ3) is 6.40. The molecule has 1 aliphatic rings. The van der Waals surface area contributed by atoms with Crippen LogP contribution in [0.1, 0.15) is 58.0 Å². The van der Waals surface area contributed by atoms with Gasteiger partial charge in [-0.25, -0.2) is 17.9 Å². The molecule has 0 saturated heterocycles. The number of aromatic nitrogens is 3. The van der Waals surface area contributed by atoms with Gasteiger partial charge >= 0.3 is 0 Å². The molecule has 2 aromatic rings. The SMILES string of the molecule is C=CCC.C=CCS(=O)(=O)c1c(N)nn2c3c(c(C)nc12)CNCC3.CC.CC. The minimum Gasteiger partial charge on any atom is -0.381 e. The molecule has 0 bridgehead atoms. The second-order valence-electron chi connectivity index (χ2n) is 5.77. The van der Waals surface area contributed by atoms with Crippen LogP contribution in [0, 0.1) is 6.92 Å². The Labute approximate surface area is 176 Å². The maximum atomic E-state index is 12.4. The molecule has 0 fully saturated rings. The van der Waals surface area contributed by atoms with Crippen LogP contribution in [0.5, 0.6) is 0 Å². The third-order valence-corrected chi connectivity index (χ3v) is 5.62. The molecular weight excluding hydrogens is 386 g/mol. The Kier molecular flexibility index (Phi) is 12.1. The van der Waals surface area contributed by atoms with E-state index in [1.165, 1.54) is 6.08 Å². The zero-order chi connectivity index (χ0) is 22.6. The Balaban J connectivity index is 0.000000859. The zero-order valence-corrected chi connectivity index (χ0v) is 19.6. The maximum Gasteiger partial charge on any atom is 0.189 e. The first-order valence-electron chi connectivity index (χ1n) is 10.2. The maximum absolute atomic E-state index is 12.4. The molecule has 8 heteroatoms. The molecule has 3 N–H and O–H groups in total. The largest absolute Gasteiger partial charge is 0.381 e. The van der Waals surface area contributed by atoms with Crippen molar-refractivity contribution in [3.8, 4) is 0 Å². The van der Waals surface area contributed by atoms with E-state index in [0.29, 0.717) is 12.2 Å². The molecule has 3 rings (SSSR count). The molecule has 2 aromatic heterocycles. The van der Waals surface area contributed by atoms with Gasteiger partial charge < -0.3 is 11.1 Å². The van der Waals surface area contributed by atoms with Crippen molar-refractivity contribution < 1.29 is 8.42 Å². The number of hydrogen-bond acceptors (Lipinski definition) is 6. The molecule has 29 heavy (non-hydrogen) atoms. The number of rotatable bonds is 4. The molecule has 0 aliphatic carbocycles. The predicted molar refractivity (Wildman–Crippen MR) is 123 cm³/mol. The minimum atomic E-state index is -3.57. The Bertz CT molecular complexity index is 902. The second-order valence-corrected chi connectivity index (χ2v) is 7.74. The Morgan fingerprint density at radius 3 is 2.31 bits per heavy atom. The molecule has 0 radical (unpaired) electrons. The van der Waals surface area contributed by atoms with E-state index < -0.39 is 9.84 Å². The smallest absolute Gasteiger partial charge is 0.189 e. The molecule has 0 unspecified atom stereocenters. The number of allylic oxidation sites excluding steroid dienone is 1. The molecule has 0 atom stereocenters. The first-order valence-corrected chi connectivity index (χ1v) is 11.8. The van der Waals surface area contributed by atoms with Crippen molar-refractivity contribution in [2.75, 3.05) is 18.0 Å². The molecule has 3 heterocycles. The predicted octanol–water partition coefficient (Wildman–Crippen LogP) is 3.86. The van der Waals surface area contributed by atoms with Crippen molar-refractivity contribution in [3.63, 3.8) is 0 Å². The van der Waals surface area contributed by atoms with E-state index in [2.05, 4.69) is 35.5 Å². The van der Waals surface area contributed by atoms with Gasteiger partial charge in [-0.05, 0) is 13.3 Å². The van der Waals surface area contributed by atoms with Crippen LogP contribution in [0.15, 0.2) is 30.2 Å². The molecule has 0 aromatic carbocycles. The van der Waals surface area contributed by atoms with Gasteiger partial charge in [0, 0.05) is 30.8 Å². The van der Waals surface area contributed by atoms with Gasteiger partial charge in [-0.15, -0.1) is 18.3 Å². The van der Waals surface area contributed by atoms with Gasteiger partial charge in [0.2, 0.25) is 0 Å². The van der Waals surface area contributed by atoms with Crippen molar-refractivity contribution in [3.05, 3.63) is 42.3 Å². The minimum absolute atomic E-state index is 0.00400. The summed E-state index contributed by atoms with van der Waals surface area (Å²) in [7, 11) is -3.57. The van der Waals surface area contributed by atoms with E-state index in [4.69, 9.17) is 5.73 Å². The number of nitrogens with zero attached hydrogens (tertiary/aromatic N) is 3. The van der Waals surface area contributed by atoms with Gasteiger partial charge in [0.05, 0.1) is 11.4 Å². The number of sulfone groups is 1. The standard InChI is InChI=1S/C13H17N5O2S.C4H8.2C2H6/c1-3-6-21(19,20)11-12(14)17-18-10-4-5-15-7-9(10)8(2)16-13(11)18;1-3-4-2;2*1-2/h3,15H,1,4-7H2,2H3,(H2,14,17);3H,1,4H2,2H3;2*1-2H3. The lowest BCUT2D eigenvalue weighted by Crippen LogP contribution is -2.27. The molecule has 164 valence electrons. The van der Waals surface area contributed by atoms with Crippen LogP contribution < -0.4 is 11.1 Å². The van der Waals surface area contributed by atoms with Gasteiger partial charge in [-0.1, -0.05) is 46.8 Å². The Hall–Kier alpha value is -2.19. The zero-order valence-electron chi connectivity index (χ0n) is 18.7. The lowest BCUT2D eigenvalue weighted by Gasteiger charge is -2.19. The van der Waals surface area contributed by atoms with Crippen LogP contribution in [0.4, 0.5) is 5.82 Å². The fraction of sp³-hybridized carbons (Fsp3) is 0.524. The highest BCUT2D eigenvalue weighted by Gasteiger charge is 2.27. The fourth-order valence-corrected chi connectivity index (χ4v) is 3.95. The highest BCUT2D eigenvalue weighted by molar-refractivity contribution is 7.92. The summed E-state index contributed by atoms with van der Waals surface area (Å²) in [4.78, 5) is 4.43. The van der Waals surface area contributed by atoms with Gasteiger partial charge in [0.15, 0.2) is 26.2 Å². The van der Waals surface area contributed by atoms with E-state index in [9.17, 15) is 8.42 Å². The van der Waals surface area contributed by atoms with Crippen LogP contribution in [0.2, 0.25) is 0 Å². The van der Waals surface area contributed by atoms with Crippen LogP contribution in [-0.2, 0) is 22.8 Å². The van der Waals surface area contributed by atoms with Crippen molar-refractivity contribution in [2.24, 2.45) is 0 Å². The molecular formula is C21H37N5O2S. The average Bonchev–Trinajstić information content (AvgIpc) is 3.08. The van der Waals surface area contributed by atoms with Gasteiger partial charge in [0.1, 0.15) is 0 Å². The lowest BCUT2D eigenvalue weighted by atomic mass is 10.1. The second kappa shape index (κ2) is 13.1. The van der Waals surface area contributed by atoms with Gasteiger partial charge in [0.25, 0.3) is 0 Å². The Morgan fingerprint density at radius 2 is 1.79 bits per heavy atom. The van der Waals surface area contributed by atoms with Crippen molar-refractivity contribution in [2.45, 2.75) is 65.8 Å². The molecule has 0 spiro atoms. The first kappa shape index (κ1) is 26.8. The summed E-state index contributed by atoms with van der Waals surface area (Å²) in [5.41, 5.74) is 9.00. The quantitative estimate of drug-likeness (QED) is 0.724. The number of aryl methyl sites for hydroxylation is 1. The summed E-state index contributed by atoms with van der Waals surface area (Å²) in [6.45, 7) is 20.4. The molecule has 0 saturated carbocycles. The highest BCUT2D eigenvalue weighted by Crippen LogP contribution is 2.27. The molecule has 1 aliphatic heterocycles. The van der Waals surface area contributed by atoms with Crippen LogP contribution in [0.3, 0.4) is 0 Å². The van der Waals surface area contributed by atoms with E-state index in [1.54, 1.807) is 4.52 Å². The summed E-state index contributed by atoms with van der Waals surface area (Å²) in [5.74, 6) is -0.187. The van der Waals surface area contributed by atoms with Crippen LogP contribution in [0.25, 0.3) is 5.65 Å². The molecule has 7 nitrogen and oxygen atoms in total. The van der Waals surface area contributed by atoms with Crippen molar-refractivity contribution >= 4 is 21.3 Å².